The molecule has 0 saturated heterocycles. The van der Waals surface area contributed by atoms with Gasteiger partial charge in [-0.05, 0) is 190 Å². The summed E-state index contributed by atoms with van der Waals surface area (Å²) in [6, 6.07) is 102. The summed E-state index contributed by atoms with van der Waals surface area (Å²) in [5, 5.41) is 4.00. The smallest absolute Gasteiger partial charge is 0.197 e. The fourth-order valence-electron chi connectivity index (χ4n) is 11.9. The lowest BCUT2D eigenvalue weighted by molar-refractivity contribution is 1.26. The van der Waals surface area contributed by atoms with E-state index >= 15 is 0 Å². The fraction of sp³-hybridized carbons (Fsp3) is 0.0526. The summed E-state index contributed by atoms with van der Waals surface area (Å²) in [7, 11) is 2.43. The maximum Gasteiger partial charge on any atom is 0.197 e. The summed E-state index contributed by atoms with van der Waals surface area (Å²) in [6.45, 7) is 8.96. The van der Waals surface area contributed by atoms with Crippen LogP contribution in [0.1, 0.15) is 22.3 Å². The van der Waals surface area contributed by atoms with E-state index in [-0.39, 0.29) is 0 Å². The predicted molar refractivity (Wildman–Crippen MR) is 342 cm³/mol. The van der Waals surface area contributed by atoms with Crippen molar-refractivity contribution in [3.63, 3.8) is 0 Å². The highest BCUT2D eigenvalue weighted by Crippen LogP contribution is 2.47. The van der Waals surface area contributed by atoms with Gasteiger partial charge in [0, 0.05) is 51.1 Å². The molecule has 0 bridgehead atoms. The van der Waals surface area contributed by atoms with Crippen molar-refractivity contribution in [3.8, 4) is 66.8 Å². The maximum atomic E-state index is 4.00. The SMILES string of the molecule is Cc1cc(C)c(-c2cc(-c3cc(N(c4cccc(-c5ccccc5)c4)c4cccc(-c5ccccc5)c4)ccc3Nc3ccc(-c4ccccc4)cc3)c3c(c2)N(c2ccccc2C)c2cc(-c4ccccc4)ccc2[B]3)c(C)c1. The largest absolute Gasteiger partial charge is 0.355 e. The Hall–Kier alpha value is -9.90. The van der Waals surface area contributed by atoms with Gasteiger partial charge in [-0.25, -0.2) is 0 Å². The van der Waals surface area contributed by atoms with E-state index < -0.39 is 0 Å². The normalized spacial score (nSPS) is 11.6. The number of hydrogen-bond acceptors (Lipinski definition) is 3. The molecule has 0 amide bonds. The van der Waals surface area contributed by atoms with Crippen LogP contribution in [0, 0.1) is 27.7 Å². The third-order valence-corrected chi connectivity index (χ3v) is 15.6. The molecule has 0 atom stereocenters. The van der Waals surface area contributed by atoms with Gasteiger partial charge in [0.1, 0.15) is 0 Å². The van der Waals surface area contributed by atoms with Crippen molar-refractivity contribution in [2.24, 2.45) is 0 Å². The molecular formula is C76H59BN3. The predicted octanol–water partition coefficient (Wildman–Crippen LogP) is 19.6. The van der Waals surface area contributed by atoms with Crippen molar-refractivity contribution in [3.05, 3.63) is 301 Å². The van der Waals surface area contributed by atoms with Crippen LogP contribution in [-0.4, -0.2) is 7.28 Å². The zero-order chi connectivity index (χ0) is 54.1. The Morgan fingerprint density at radius 1 is 0.325 bits per heavy atom. The van der Waals surface area contributed by atoms with Gasteiger partial charge in [0.15, 0.2) is 7.28 Å². The molecule has 12 aromatic rings. The van der Waals surface area contributed by atoms with Gasteiger partial charge in [0.05, 0.1) is 0 Å². The zero-order valence-corrected chi connectivity index (χ0v) is 45.5. The highest BCUT2D eigenvalue weighted by Gasteiger charge is 2.31. The summed E-state index contributed by atoms with van der Waals surface area (Å²) < 4.78 is 0. The van der Waals surface area contributed by atoms with Gasteiger partial charge in [0.25, 0.3) is 0 Å². The lowest BCUT2D eigenvalue weighted by Gasteiger charge is -2.37. The van der Waals surface area contributed by atoms with Crippen molar-refractivity contribution in [1.82, 2.24) is 0 Å². The molecule has 1 aliphatic rings. The van der Waals surface area contributed by atoms with E-state index in [0.29, 0.717) is 0 Å². The zero-order valence-electron chi connectivity index (χ0n) is 45.5. The van der Waals surface area contributed by atoms with Gasteiger partial charge in [0.2, 0.25) is 0 Å². The quantitative estimate of drug-likeness (QED) is 0.123. The fourth-order valence-corrected chi connectivity index (χ4v) is 11.9. The molecule has 1 N–H and O–H groups in total. The molecule has 0 unspecified atom stereocenters. The molecule has 3 nitrogen and oxygen atoms in total. The first-order valence-electron chi connectivity index (χ1n) is 27.6. The van der Waals surface area contributed by atoms with Crippen molar-refractivity contribution >= 4 is 63.7 Å². The standard InChI is InChI=1S/C76H59BN3/c1-51-43-53(3)75(54(4)44-51)63-47-69(76-74(49-63)80(72-34-18-17-21-52(72)2)73-48-62(37-41-70(73)77-76)58-28-15-8-16-29-58)68-50-67(40-42-71(68)78-64-38-35-59(36-39-64)55-22-9-5-10-23-55)79(65-32-19-30-60(45-65)56-24-11-6-12-25-56)66-33-20-31-61(46-66)57-26-13-7-14-27-57/h5-50,78H,1-4H3. The first kappa shape index (κ1) is 49.7. The Kier molecular flexibility index (Phi) is 13.3. The van der Waals surface area contributed by atoms with Crippen LogP contribution >= 0.6 is 0 Å². The number of fused-ring (bicyclic) bond motifs is 2. The van der Waals surface area contributed by atoms with Crippen LogP contribution in [0.5, 0.6) is 0 Å². The number of para-hydroxylation sites is 1. The van der Waals surface area contributed by atoms with Crippen LogP contribution in [-0.2, 0) is 0 Å². The van der Waals surface area contributed by atoms with Crippen LogP contribution < -0.4 is 26.0 Å². The van der Waals surface area contributed by atoms with Gasteiger partial charge >= 0.3 is 0 Å². The number of aryl methyl sites for hydroxylation is 4. The summed E-state index contributed by atoms with van der Waals surface area (Å²) in [5.74, 6) is 0. The second-order valence-electron chi connectivity index (χ2n) is 21.1. The van der Waals surface area contributed by atoms with E-state index in [1.165, 1.54) is 61.2 Å². The molecule has 0 aliphatic carbocycles. The van der Waals surface area contributed by atoms with Crippen LogP contribution in [0.25, 0.3) is 66.8 Å². The van der Waals surface area contributed by atoms with Crippen LogP contribution in [0.2, 0.25) is 0 Å². The third kappa shape index (κ3) is 9.78. The minimum absolute atomic E-state index is 0.995. The molecule has 13 rings (SSSR count). The van der Waals surface area contributed by atoms with Gasteiger partial charge in [-0.3, -0.25) is 0 Å². The Balaban J connectivity index is 1.08. The number of nitrogens with zero attached hydrogens (tertiary/aromatic N) is 2. The Morgan fingerprint density at radius 3 is 1.38 bits per heavy atom. The molecule has 381 valence electrons. The number of benzene rings is 12. The summed E-state index contributed by atoms with van der Waals surface area (Å²) in [5.41, 5.74) is 29.7. The van der Waals surface area contributed by atoms with E-state index in [1.807, 2.05) is 0 Å². The number of rotatable bonds is 12. The second-order valence-corrected chi connectivity index (χ2v) is 21.1. The molecule has 12 aromatic carbocycles. The molecule has 4 heteroatoms. The summed E-state index contributed by atoms with van der Waals surface area (Å²) >= 11 is 0. The maximum absolute atomic E-state index is 4.00. The van der Waals surface area contributed by atoms with E-state index in [9.17, 15) is 0 Å². The Bertz CT molecular complexity index is 4110. The molecule has 1 heterocycles. The molecule has 1 radical (unpaired) electrons. The van der Waals surface area contributed by atoms with E-state index in [4.69, 9.17) is 0 Å². The molecule has 0 spiro atoms. The lowest BCUT2D eigenvalue weighted by atomic mass is 9.57. The van der Waals surface area contributed by atoms with Crippen LogP contribution in [0.15, 0.2) is 279 Å². The summed E-state index contributed by atoms with van der Waals surface area (Å²) in [4.78, 5) is 4.95. The van der Waals surface area contributed by atoms with E-state index in [0.717, 1.165) is 84.2 Å². The van der Waals surface area contributed by atoms with Crippen molar-refractivity contribution < 1.29 is 0 Å². The molecular weight excluding hydrogens is 966 g/mol. The highest BCUT2D eigenvalue weighted by atomic mass is 15.2. The first-order valence-corrected chi connectivity index (χ1v) is 27.6. The molecule has 80 heavy (non-hydrogen) atoms. The minimum Gasteiger partial charge on any atom is -0.355 e. The monoisotopic (exact) mass is 1020 g/mol. The van der Waals surface area contributed by atoms with Gasteiger partial charge in [-0.1, -0.05) is 211 Å². The lowest BCUT2D eigenvalue weighted by Crippen LogP contribution is -2.41. The number of anilines is 8. The number of hydrogen-bond donors (Lipinski definition) is 1. The van der Waals surface area contributed by atoms with Crippen LogP contribution in [0.3, 0.4) is 0 Å². The Labute approximate surface area is 472 Å². The van der Waals surface area contributed by atoms with E-state index in [2.05, 4.69) is 329 Å². The van der Waals surface area contributed by atoms with Crippen molar-refractivity contribution in [2.45, 2.75) is 27.7 Å². The number of nitrogens with one attached hydrogen (secondary N) is 1. The van der Waals surface area contributed by atoms with Gasteiger partial charge < -0.3 is 15.1 Å². The van der Waals surface area contributed by atoms with Crippen LogP contribution in [0.4, 0.5) is 45.5 Å². The van der Waals surface area contributed by atoms with E-state index in [1.54, 1.807) is 0 Å². The molecule has 0 saturated carbocycles. The average molecular weight is 1030 g/mol. The average Bonchev–Trinajstić information content (AvgIpc) is 3.63. The second kappa shape index (κ2) is 21.5. The topological polar surface area (TPSA) is 18.5 Å². The van der Waals surface area contributed by atoms with Gasteiger partial charge in [-0.2, -0.15) is 0 Å². The Morgan fingerprint density at radius 2 is 0.800 bits per heavy atom. The van der Waals surface area contributed by atoms with Crippen molar-refractivity contribution in [1.29, 1.82) is 0 Å². The minimum atomic E-state index is 0.995. The molecule has 0 fully saturated rings. The molecule has 1 aliphatic heterocycles. The highest BCUT2D eigenvalue weighted by molar-refractivity contribution is 6.73. The van der Waals surface area contributed by atoms with Gasteiger partial charge in [-0.15, -0.1) is 0 Å². The van der Waals surface area contributed by atoms with Crippen molar-refractivity contribution in [2.75, 3.05) is 15.1 Å². The molecule has 0 aromatic heterocycles. The third-order valence-electron chi connectivity index (χ3n) is 15.6. The first-order chi connectivity index (χ1) is 39.3. The summed E-state index contributed by atoms with van der Waals surface area (Å²) in [6.07, 6.45) is 0.